The summed E-state index contributed by atoms with van der Waals surface area (Å²) in [6.07, 6.45) is 2.36. The summed E-state index contributed by atoms with van der Waals surface area (Å²) in [6, 6.07) is 13.1. The molecule has 0 aliphatic heterocycles. The molecule has 1 N–H and O–H groups in total. The van der Waals surface area contributed by atoms with Crippen molar-refractivity contribution >= 4 is 21.4 Å². The monoisotopic (exact) mass is 329 g/mol. The van der Waals surface area contributed by atoms with Gasteiger partial charge in [-0.1, -0.05) is 30.3 Å². The van der Waals surface area contributed by atoms with Crippen LogP contribution in [0.2, 0.25) is 0 Å². The summed E-state index contributed by atoms with van der Waals surface area (Å²) in [4.78, 5) is 4.45. The molecule has 0 amide bonds. The van der Waals surface area contributed by atoms with Crippen LogP contribution >= 0.6 is 0 Å². The summed E-state index contributed by atoms with van der Waals surface area (Å²) in [5.74, 6) is 0.0384. The number of sulfonamides is 1. The maximum absolute atomic E-state index is 12.4. The molecule has 6 heteroatoms. The second kappa shape index (κ2) is 6.04. The van der Waals surface area contributed by atoms with E-state index in [1.807, 2.05) is 60.8 Å². The fourth-order valence-corrected chi connectivity index (χ4v) is 3.60. The predicted octanol–water partition coefficient (Wildman–Crippen LogP) is 2.94. The molecule has 0 saturated heterocycles. The minimum Gasteiger partial charge on any atom is -0.302 e. The van der Waals surface area contributed by atoms with E-state index in [4.69, 9.17) is 0 Å². The Bertz CT molecular complexity index is 931. The maximum atomic E-state index is 12.4. The molecule has 0 saturated carbocycles. The molecule has 120 valence electrons. The molecule has 0 fully saturated rings. The molecular formula is C17H19N3O2S. The van der Waals surface area contributed by atoms with E-state index in [9.17, 15) is 8.42 Å². The van der Waals surface area contributed by atoms with Gasteiger partial charge < -0.3 is 4.40 Å². The summed E-state index contributed by atoms with van der Waals surface area (Å²) in [7, 11) is -3.43. The van der Waals surface area contributed by atoms with Crippen LogP contribution in [0.25, 0.3) is 5.65 Å². The van der Waals surface area contributed by atoms with Gasteiger partial charge in [0.1, 0.15) is 0 Å². The summed E-state index contributed by atoms with van der Waals surface area (Å²) in [5.41, 5.74) is 4.04. The van der Waals surface area contributed by atoms with Crippen molar-refractivity contribution in [2.24, 2.45) is 0 Å². The number of nitrogens with zero attached hydrogens (tertiary/aromatic N) is 2. The fourth-order valence-electron chi connectivity index (χ4n) is 2.49. The van der Waals surface area contributed by atoms with Crippen molar-refractivity contribution in [1.82, 2.24) is 9.38 Å². The molecule has 0 aliphatic rings. The number of aryl methyl sites for hydroxylation is 3. The first-order valence-corrected chi connectivity index (χ1v) is 9.10. The van der Waals surface area contributed by atoms with Crippen LogP contribution in [-0.2, 0) is 16.4 Å². The van der Waals surface area contributed by atoms with E-state index < -0.39 is 10.0 Å². The van der Waals surface area contributed by atoms with Gasteiger partial charge in [0, 0.05) is 11.9 Å². The second-order valence-corrected chi connectivity index (χ2v) is 7.40. The van der Waals surface area contributed by atoms with Crippen LogP contribution in [0.4, 0.5) is 5.69 Å². The van der Waals surface area contributed by atoms with Crippen LogP contribution in [0.1, 0.15) is 17.0 Å². The smallest absolute Gasteiger partial charge is 0.233 e. The highest BCUT2D eigenvalue weighted by Gasteiger charge is 2.15. The third-order valence-corrected chi connectivity index (χ3v) is 5.17. The molecule has 0 unspecified atom stereocenters. The number of pyridine rings is 1. The molecule has 0 aliphatic carbocycles. The zero-order chi connectivity index (χ0) is 16.4. The second-order valence-electron chi connectivity index (χ2n) is 5.55. The lowest BCUT2D eigenvalue weighted by Gasteiger charge is -2.09. The van der Waals surface area contributed by atoms with Crippen LogP contribution < -0.4 is 4.72 Å². The number of hydrogen-bond acceptors (Lipinski definition) is 3. The number of rotatable bonds is 5. The van der Waals surface area contributed by atoms with Gasteiger partial charge in [-0.2, -0.15) is 0 Å². The lowest BCUT2D eigenvalue weighted by Crippen LogP contribution is -2.18. The van der Waals surface area contributed by atoms with Gasteiger partial charge in [0.2, 0.25) is 10.0 Å². The van der Waals surface area contributed by atoms with Crippen molar-refractivity contribution in [3.05, 3.63) is 65.6 Å². The number of aromatic nitrogens is 2. The first kappa shape index (κ1) is 15.6. The topological polar surface area (TPSA) is 63.5 Å². The summed E-state index contributed by atoms with van der Waals surface area (Å²) in [6.45, 7) is 3.87. The standard InChI is InChI=1S/C17H19N3O2S/c1-13-14(2)20-11-6-9-16(17(20)18-13)19-23(21,22)12-10-15-7-4-3-5-8-15/h3-9,11,19H,10,12H2,1-2H3. The van der Waals surface area contributed by atoms with Gasteiger partial charge in [-0.05, 0) is 38.0 Å². The molecule has 0 spiro atoms. The molecule has 2 aromatic heterocycles. The van der Waals surface area contributed by atoms with E-state index in [1.165, 1.54) is 0 Å². The minimum absolute atomic E-state index is 0.0384. The normalized spacial score (nSPS) is 11.7. The third-order valence-electron chi connectivity index (χ3n) is 3.89. The quantitative estimate of drug-likeness (QED) is 0.783. The maximum Gasteiger partial charge on any atom is 0.233 e. The number of imidazole rings is 1. The molecule has 3 aromatic rings. The minimum atomic E-state index is -3.43. The molecule has 23 heavy (non-hydrogen) atoms. The highest BCUT2D eigenvalue weighted by Crippen LogP contribution is 2.20. The Kier molecular flexibility index (Phi) is 4.09. The molecule has 2 heterocycles. The van der Waals surface area contributed by atoms with E-state index in [0.29, 0.717) is 17.8 Å². The highest BCUT2D eigenvalue weighted by atomic mass is 32.2. The highest BCUT2D eigenvalue weighted by molar-refractivity contribution is 7.92. The van der Waals surface area contributed by atoms with Crippen molar-refractivity contribution < 1.29 is 8.42 Å². The van der Waals surface area contributed by atoms with Gasteiger partial charge in [0.25, 0.3) is 0 Å². The Morgan fingerprint density at radius 1 is 1.09 bits per heavy atom. The van der Waals surface area contributed by atoms with Crippen LogP contribution in [0.5, 0.6) is 0 Å². The lowest BCUT2D eigenvalue weighted by molar-refractivity contribution is 0.600. The average molecular weight is 329 g/mol. The van der Waals surface area contributed by atoms with Crippen molar-refractivity contribution in [1.29, 1.82) is 0 Å². The van der Waals surface area contributed by atoms with E-state index >= 15 is 0 Å². The van der Waals surface area contributed by atoms with E-state index in [2.05, 4.69) is 9.71 Å². The zero-order valence-corrected chi connectivity index (χ0v) is 14.0. The van der Waals surface area contributed by atoms with Crippen molar-refractivity contribution in [3.63, 3.8) is 0 Å². The largest absolute Gasteiger partial charge is 0.302 e. The Labute approximate surface area is 136 Å². The summed E-state index contributed by atoms with van der Waals surface area (Å²) < 4.78 is 29.3. The van der Waals surface area contributed by atoms with E-state index in [0.717, 1.165) is 17.0 Å². The zero-order valence-electron chi connectivity index (χ0n) is 13.2. The van der Waals surface area contributed by atoms with Crippen LogP contribution in [0.3, 0.4) is 0 Å². The average Bonchev–Trinajstić information content (AvgIpc) is 2.83. The molecule has 3 rings (SSSR count). The number of benzene rings is 1. The van der Waals surface area contributed by atoms with E-state index in [-0.39, 0.29) is 5.75 Å². The van der Waals surface area contributed by atoms with Gasteiger partial charge in [-0.15, -0.1) is 0 Å². The van der Waals surface area contributed by atoms with Crippen molar-refractivity contribution in [2.45, 2.75) is 20.3 Å². The van der Waals surface area contributed by atoms with Gasteiger partial charge in [0.05, 0.1) is 17.1 Å². The Morgan fingerprint density at radius 3 is 2.57 bits per heavy atom. The lowest BCUT2D eigenvalue weighted by atomic mass is 10.2. The fraction of sp³-hybridized carbons (Fsp3) is 0.235. The Hall–Kier alpha value is -2.34. The number of nitrogens with one attached hydrogen (secondary N) is 1. The van der Waals surface area contributed by atoms with Crippen LogP contribution in [-0.4, -0.2) is 23.6 Å². The number of anilines is 1. The van der Waals surface area contributed by atoms with Gasteiger partial charge >= 0.3 is 0 Å². The molecular weight excluding hydrogens is 310 g/mol. The SMILES string of the molecule is Cc1nc2c(NS(=O)(=O)CCc3ccccc3)cccn2c1C. The molecule has 0 bridgehead atoms. The molecule has 0 atom stereocenters. The van der Waals surface area contributed by atoms with Crippen LogP contribution in [0, 0.1) is 13.8 Å². The van der Waals surface area contributed by atoms with Gasteiger partial charge in [-0.3, -0.25) is 4.72 Å². The van der Waals surface area contributed by atoms with Crippen molar-refractivity contribution in [3.8, 4) is 0 Å². The van der Waals surface area contributed by atoms with Crippen molar-refractivity contribution in [2.75, 3.05) is 10.5 Å². The molecule has 0 radical (unpaired) electrons. The number of fused-ring (bicyclic) bond motifs is 1. The van der Waals surface area contributed by atoms with Gasteiger partial charge in [-0.25, -0.2) is 13.4 Å². The predicted molar refractivity (Wildman–Crippen MR) is 92.2 cm³/mol. The molecule has 1 aromatic carbocycles. The van der Waals surface area contributed by atoms with Gasteiger partial charge in [0.15, 0.2) is 5.65 Å². The summed E-state index contributed by atoms with van der Waals surface area (Å²) >= 11 is 0. The Morgan fingerprint density at radius 2 is 1.83 bits per heavy atom. The first-order valence-electron chi connectivity index (χ1n) is 7.45. The van der Waals surface area contributed by atoms with E-state index in [1.54, 1.807) is 6.07 Å². The van der Waals surface area contributed by atoms with Crippen LogP contribution in [0.15, 0.2) is 48.7 Å². The first-order chi connectivity index (χ1) is 11.0. The third kappa shape index (κ3) is 3.37. The Balaban J connectivity index is 1.82. The molecule has 5 nitrogen and oxygen atoms in total. The number of hydrogen-bond donors (Lipinski definition) is 1. The summed E-state index contributed by atoms with van der Waals surface area (Å²) in [5, 5.41) is 0.